The molecule has 0 saturated carbocycles. The van der Waals surface area contributed by atoms with Gasteiger partial charge in [0, 0.05) is 19.0 Å². The normalized spacial score (nSPS) is 24.3. The van der Waals surface area contributed by atoms with Crippen molar-refractivity contribution in [1.29, 1.82) is 0 Å². The molecule has 0 N–H and O–H groups in total. The lowest BCUT2D eigenvalue weighted by Gasteiger charge is -2.33. The lowest BCUT2D eigenvalue weighted by Crippen LogP contribution is -2.44. The van der Waals surface area contributed by atoms with Crippen LogP contribution in [0.15, 0.2) is 12.2 Å². The molecule has 0 aromatic carbocycles. The van der Waals surface area contributed by atoms with E-state index >= 15 is 0 Å². The lowest BCUT2D eigenvalue weighted by atomic mass is 9.96. The highest BCUT2D eigenvalue weighted by Gasteiger charge is 2.32. The SMILES string of the molecule is CCOC(=O)[C@@H]1CCCN(C(=O)C2CC=CC2)C1. The Labute approximate surface area is 108 Å². The molecule has 1 aliphatic heterocycles. The summed E-state index contributed by atoms with van der Waals surface area (Å²) in [4.78, 5) is 25.8. The summed E-state index contributed by atoms with van der Waals surface area (Å²) in [5.74, 6) is 0.0245. The number of allylic oxidation sites excluding steroid dienone is 2. The second-order valence-corrected chi connectivity index (χ2v) is 5.02. The number of amides is 1. The number of carbonyl (C=O) groups is 2. The Bertz CT molecular complexity index is 343. The first-order chi connectivity index (χ1) is 8.72. The number of nitrogens with zero attached hydrogens (tertiary/aromatic N) is 1. The number of hydrogen-bond acceptors (Lipinski definition) is 3. The first-order valence-electron chi connectivity index (χ1n) is 6.82. The number of ether oxygens (including phenoxy) is 1. The summed E-state index contributed by atoms with van der Waals surface area (Å²) in [6.07, 6.45) is 7.56. The summed E-state index contributed by atoms with van der Waals surface area (Å²) in [6.45, 7) is 3.54. The van der Waals surface area contributed by atoms with E-state index in [0.717, 1.165) is 32.2 Å². The Balaban J connectivity index is 1.89. The van der Waals surface area contributed by atoms with Crippen LogP contribution in [0.1, 0.15) is 32.6 Å². The van der Waals surface area contributed by atoms with Gasteiger partial charge in [0.2, 0.25) is 5.91 Å². The highest BCUT2D eigenvalue weighted by molar-refractivity contribution is 5.81. The van der Waals surface area contributed by atoms with E-state index in [2.05, 4.69) is 12.2 Å². The molecular weight excluding hydrogens is 230 g/mol. The van der Waals surface area contributed by atoms with E-state index in [9.17, 15) is 9.59 Å². The monoisotopic (exact) mass is 251 g/mol. The molecule has 2 aliphatic rings. The topological polar surface area (TPSA) is 46.6 Å². The number of hydrogen-bond donors (Lipinski definition) is 0. The molecule has 0 unspecified atom stereocenters. The Morgan fingerprint density at radius 3 is 2.67 bits per heavy atom. The molecular formula is C14H21NO3. The van der Waals surface area contributed by atoms with Crippen molar-refractivity contribution in [3.63, 3.8) is 0 Å². The van der Waals surface area contributed by atoms with Crippen molar-refractivity contribution in [2.45, 2.75) is 32.6 Å². The van der Waals surface area contributed by atoms with Crippen molar-refractivity contribution in [2.24, 2.45) is 11.8 Å². The third kappa shape index (κ3) is 2.92. The second kappa shape index (κ2) is 6.03. The molecule has 0 spiro atoms. The molecule has 1 amide bonds. The van der Waals surface area contributed by atoms with E-state index in [1.165, 1.54) is 0 Å². The van der Waals surface area contributed by atoms with Gasteiger partial charge in [0.25, 0.3) is 0 Å². The molecule has 1 fully saturated rings. The zero-order valence-corrected chi connectivity index (χ0v) is 10.9. The van der Waals surface area contributed by atoms with Crippen LogP contribution in [-0.4, -0.2) is 36.5 Å². The minimum atomic E-state index is -0.153. The van der Waals surface area contributed by atoms with E-state index in [1.807, 2.05) is 11.8 Å². The van der Waals surface area contributed by atoms with Crippen molar-refractivity contribution >= 4 is 11.9 Å². The number of piperidine rings is 1. The van der Waals surface area contributed by atoms with Crippen LogP contribution >= 0.6 is 0 Å². The van der Waals surface area contributed by atoms with E-state index in [-0.39, 0.29) is 23.7 Å². The minimum Gasteiger partial charge on any atom is -0.466 e. The lowest BCUT2D eigenvalue weighted by molar-refractivity contribution is -0.151. The van der Waals surface area contributed by atoms with Gasteiger partial charge in [-0.1, -0.05) is 12.2 Å². The van der Waals surface area contributed by atoms with Crippen molar-refractivity contribution in [3.05, 3.63) is 12.2 Å². The molecule has 0 radical (unpaired) electrons. The molecule has 100 valence electrons. The number of rotatable bonds is 3. The van der Waals surface area contributed by atoms with Gasteiger partial charge in [0.1, 0.15) is 0 Å². The quantitative estimate of drug-likeness (QED) is 0.567. The van der Waals surface area contributed by atoms with Crippen LogP contribution in [-0.2, 0) is 14.3 Å². The van der Waals surface area contributed by atoms with Crippen molar-refractivity contribution in [1.82, 2.24) is 4.90 Å². The molecule has 1 heterocycles. The van der Waals surface area contributed by atoms with Gasteiger partial charge in [-0.15, -0.1) is 0 Å². The van der Waals surface area contributed by atoms with E-state index in [0.29, 0.717) is 13.2 Å². The first-order valence-corrected chi connectivity index (χ1v) is 6.82. The fourth-order valence-electron chi connectivity index (χ4n) is 2.71. The van der Waals surface area contributed by atoms with Crippen LogP contribution in [0.3, 0.4) is 0 Å². The average molecular weight is 251 g/mol. The van der Waals surface area contributed by atoms with Gasteiger partial charge < -0.3 is 9.64 Å². The average Bonchev–Trinajstić information content (AvgIpc) is 2.92. The molecule has 0 bridgehead atoms. The summed E-state index contributed by atoms with van der Waals surface area (Å²) in [7, 11) is 0. The minimum absolute atomic E-state index is 0.103. The summed E-state index contributed by atoms with van der Waals surface area (Å²) < 4.78 is 5.05. The van der Waals surface area contributed by atoms with Gasteiger partial charge in [-0.2, -0.15) is 0 Å². The van der Waals surface area contributed by atoms with Crippen LogP contribution in [0.25, 0.3) is 0 Å². The van der Waals surface area contributed by atoms with Crippen LogP contribution in [0.2, 0.25) is 0 Å². The Morgan fingerprint density at radius 2 is 2.00 bits per heavy atom. The third-order valence-electron chi connectivity index (χ3n) is 3.71. The molecule has 4 heteroatoms. The highest BCUT2D eigenvalue weighted by Crippen LogP contribution is 2.24. The summed E-state index contributed by atoms with van der Waals surface area (Å²) in [5, 5.41) is 0. The van der Waals surface area contributed by atoms with Gasteiger partial charge in [0.15, 0.2) is 0 Å². The maximum atomic E-state index is 12.3. The van der Waals surface area contributed by atoms with Gasteiger partial charge >= 0.3 is 5.97 Å². The molecule has 1 saturated heterocycles. The molecule has 0 aromatic rings. The summed E-state index contributed by atoms with van der Waals surface area (Å²) >= 11 is 0. The smallest absolute Gasteiger partial charge is 0.310 e. The fourth-order valence-corrected chi connectivity index (χ4v) is 2.71. The zero-order valence-electron chi connectivity index (χ0n) is 10.9. The van der Waals surface area contributed by atoms with Crippen molar-refractivity contribution in [2.75, 3.05) is 19.7 Å². The molecule has 1 aliphatic carbocycles. The Morgan fingerprint density at radius 1 is 1.28 bits per heavy atom. The summed E-state index contributed by atoms with van der Waals surface area (Å²) in [5.41, 5.74) is 0. The van der Waals surface area contributed by atoms with Crippen LogP contribution in [0, 0.1) is 11.8 Å². The molecule has 0 aromatic heterocycles. The van der Waals surface area contributed by atoms with Crippen LogP contribution in [0.5, 0.6) is 0 Å². The van der Waals surface area contributed by atoms with Crippen LogP contribution < -0.4 is 0 Å². The Kier molecular flexibility index (Phi) is 4.39. The Hall–Kier alpha value is -1.32. The fraction of sp³-hybridized carbons (Fsp3) is 0.714. The molecule has 1 atom stereocenters. The highest BCUT2D eigenvalue weighted by atomic mass is 16.5. The van der Waals surface area contributed by atoms with E-state index in [4.69, 9.17) is 4.74 Å². The maximum absolute atomic E-state index is 12.3. The van der Waals surface area contributed by atoms with Crippen molar-refractivity contribution in [3.8, 4) is 0 Å². The largest absolute Gasteiger partial charge is 0.466 e. The summed E-state index contributed by atoms with van der Waals surface area (Å²) in [6, 6.07) is 0. The molecule has 2 rings (SSSR count). The first kappa shape index (κ1) is 13.1. The maximum Gasteiger partial charge on any atom is 0.310 e. The van der Waals surface area contributed by atoms with E-state index in [1.54, 1.807) is 0 Å². The van der Waals surface area contributed by atoms with Gasteiger partial charge in [-0.3, -0.25) is 9.59 Å². The second-order valence-electron chi connectivity index (χ2n) is 5.02. The van der Waals surface area contributed by atoms with E-state index < -0.39 is 0 Å². The van der Waals surface area contributed by atoms with Gasteiger partial charge in [-0.25, -0.2) is 0 Å². The number of esters is 1. The predicted molar refractivity (Wildman–Crippen MR) is 67.8 cm³/mol. The number of carbonyl (C=O) groups excluding carboxylic acids is 2. The van der Waals surface area contributed by atoms with Gasteiger partial charge in [0.05, 0.1) is 12.5 Å². The number of likely N-dealkylation sites (tertiary alicyclic amines) is 1. The standard InChI is InChI=1S/C14H21NO3/c1-2-18-14(17)12-8-5-9-15(10-12)13(16)11-6-3-4-7-11/h3-4,11-12H,2,5-10H2,1H3/t12-/m1/s1. The van der Waals surface area contributed by atoms with Crippen LogP contribution in [0.4, 0.5) is 0 Å². The zero-order chi connectivity index (χ0) is 13.0. The predicted octanol–water partition coefficient (Wildman–Crippen LogP) is 1.75. The molecule has 4 nitrogen and oxygen atoms in total. The third-order valence-corrected chi connectivity index (χ3v) is 3.71. The van der Waals surface area contributed by atoms with Gasteiger partial charge in [-0.05, 0) is 32.6 Å². The van der Waals surface area contributed by atoms with Crippen molar-refractivity contribution < 1.29 is 14.3 Å². The molecule has 18 heavy (non-hydrogen) atoms.